The zero-order valence-corrected chi connectivity index (χ0v) is 13.6. The molecular formula is C13H12Cl2F3N3O3. The van der Waals surface area contributed by atoms with E-state index in [4.69, 9.17) is 27.9 Å². The van der Waals surface area contributed by atoms with E-state index in [0.717, 1.165) is 0 Å². The number of hydrogen-bond donors (Lipinski definition) is 1. The van der Waals surface area contributed by atoms with Crippen molar-refractivity contribution in [2.24, 2.45) is 0 Å². The van der Waals surface area contributed by atoms with Crippen molar-refractivity contribution in [3.63, 3.8) is 0 Å². The van der Waals surface area contributed by atoms with E-state index in [1.807, 2.05) is 0 Å². The summed E-state index contributed by atoms with van der Waals surface area (Å²) in [5.41, 5.74) is 0.548. The van der Waals surface area contributed by atoms with Crippen molar-refractivity contribution in [3.8, 4) is 0 Å². The summed E-state index contributed by atoms with van der Waals surface area (Å²) in [5, 5.41) is 3.25. The van der Waals surface area contributed by atoms with Gasteiger partial charge in [0, 0.05) is 13.1 Å². The summed E-state index contributed by atoms with van der Waals surface area (Å²) in [5.74, 6) is -4.03. The van der Waals surface area contributed by atoms with Crippen molar-refractivity contribution >= 4 is 34.9 Å². The van der Waals surface area contributed by atoms with Crippen molar-refractivity contribution in [1.29, 1.82) is 0 Å². The van der Waals surface area contributed by atoms with Crippen LogP contribution in [0.4, 0.5) is 18.9 Å². The van der Waals surface area contributed by atoms with Crippen LogP contribution in [0.5, 0.6) is 0 Å². The van der Waals surface area contributed by atoms with E-state index < -0.39 is 24.0 Å². The van der Waals surface area contributed by atoms with E-state index in [1.54, 1.807) is 11.0 Å². The van der Waals surface area contributed by atoms with Crippen LogP contribution in [0.2, 0.25) is 10.2 Å². The number of carbonyl (C=O) groups is 1. The number of carbonyl (C=O) groups excluding carboxylic acids is 1. The number of halogens is 5. The van der Waals surface area contributed by atoms with Crippen LogP contribution in [-0.2, 0) is 14.3 Å². The summed E-state index contributed by atoms with van der Waals surface area (Å²) in [6.07, 6.45) is -4.11. The minimum atomic E-state index is -5.10. The lowest BCUT2D eigenvalue weighted by Crippen LogP contribution is -2.68. The van der Waals surface area contributed by atoms with E-state index in [9.17, 15) is 18.0 Å². The molecule has 2 atom stereocenters. The lowest BCUT2D eigenvalue weighted by atomic mass is 10.1. The molecule has 0 saturated carbocycles. The third-order valence-corrected chi connectivity index (χ3v) is 4.35. The number of alkyl halides is 3. The number of esters is 1. The number of ether oxygens (including phenoxy) is 2. The Balaban J connectivity index is 1.84. The molecule has 1 aromatic rings. The third-order valence-electron chi connectivity index (χ3n) is 3.66. The molecule has 0 radical (unpaired) electrons. The Morgan fingerprint density at radius 3 is 2.92 bits per heavy atom. The summed E-state index contributed by atoms with van der Waals surface area (Å²) < 4.78 is 47.8. The molecular weight excluding hydrogens is 374 g/mol. The minimum Gasteiger partial charge on any atom is -0.423 e. The summed E-state index contributed by atoms with van der Waals surface area (Å²) in [4.78, 5) is 16.9. The molecule has 2 aliphatic rings. The molecule has 0 aromatic carbocycles. The molecule has 2 saturated heterocycles. The van der Waals surface area contributed by atoms with E-state index in [0.29, 0.717) is 18.8 Å². The highest BCUT2D eigenvalue weighted by Gasteiger charge is 2.52. The van der Waals surface area contributed by atoms with Crippen molar-refractivity contribution in [2.45, 2.75) is 18.1 Å². The quantitative estimate of drug-likeness (QED) is 0.620. The first kappa shape index (κ1) is 17.5. The maximum absolute atomic E-state index is 12.5. The van der Waals surface area contributed by atoms with Gasteiger partial charge in [0.05, 0.1) is 36.1 Å². The van der Waals surface area contributed by atoms with Gasteiger partial charge >= 0.3 is 12.1 Å². The van der Waals surface area contributed by atoms with Gasteiger partial charge in [-0.15, -0.1) is 0 Å². The molecule has 24 heavy (non-hydrogen) atoms. The smallest absolute Gasteiger partial charge is 0.423 e. The molecule has 132 valence electrons. The molecule has 0 amide bonds. The summed E-state index contributed by atoms with van der Waals surface area (Å²) >= 11 is 11.7. The second-order valence-corrected chi connectivity index (χ2v) is 6.28. The van der Waals surface area contributed by atoms with Gasteiger partial charge in [-0.2, -0.15) is 13.2 Å². The Hall–Kier alpha value is -1.29. The Labute approximate surface area is 144 Å². The lowest BCUT2D eigenvalue weighted by Gasteiger charge is -2.49. The molecule has 2 fully saturated rings. The van der Waals surface area contributed by atoms with Crippen molar-refractivity contribution < 1.29 is 27.4 Å². The normalized spacial score (nSPS) is 27.0. The van der Waals surface area contributed by atoms with Gasteiger partial charge in [0.15, 0.2) is 0 Å². The summed E-state index contributed by atoms with van der Waals surface area (Å²) in [7, 11) is 0. The monoisotopic (exact) mass is 385 g/mol. The largest absolute Gasteiger partial charge is 0.491 e. The molecule has 2 unspecified atom stereocenters. The number of fused-ring (bicyclic) bond motifs is 2. The topological polar surface area (TPSA) is 63.7 Å². The summed E-state index contributed by atoms with van der Waals surface area (Å²) in [6.45, 7) is 0.628. The highest BCUT2D eigenvalue weighted by Crippen LogP contribution is 2.33. The molecule has 6 nitrogen and oxygen atoms in total. The number of anilines is 1. The van der Waals surface area contributed by atoms with Gasteiger partial charge in [-0.05, 0) is 6.07 Å². The zero-order valence-electron chi connectivity index (χ0n) is 12.1. The first-order chi connectivity index (χ1) is 11.2. The van der Waals surface area contributed by atoms with Crippen molar-refractivity contribution in [1.82, 2.24) is 10.3 Å². The number of morpholine rings is 2. The van der Waals surface area contributed by atoms with Crippen LogP contribution in [-0.4, -0.2) is 55.2 Å². The van der Waals surface area contributed by atoms with E-state index >= 15 is 0 Å². The van der Waals surface area contributed by atoms with Crippen LogP contribution >= 0.6 is 23.2 Å². The molecule has 3 rings (SSSR count). The average Bonchev–Trinajstić information content (AvgIpc) is 2.48. The predicted octanol–water partition coefficient (Wildman–Crippen LogP) is 2.00. The minimum absolute atomic E-state index is 0.0590. The van der Waals surface area contributed by atoms with Gasteiger partial charge in [0.25, 0.3) is 0 Å². The van der Waals surface area contributed by atoms with Crippen LogP contribution in [0.15, 0.2) is 12.3 Å². The maximum atomic E-state index is 12.5. The second-order valence-electron chi connectivity index (χ2n) is 5.52. The highest BCUT2D eigenvalue weighted by atomic mass is 35.5. The highest BCUT2D eigenvalue weighted by molar-refractivity contribution is 6.41. The second kappa shape index (κ2) is 6.21. The van der Waals surface area contributed by atoms with Gasteiger partial charge < -0.3 is 19.7 Å². The Bertz CT molecular complexity index is 661. The number of rotatable bonds is 2. The Kier molecular flexibility index (Phi) is 4.54. The van der Waals surface area contributed by atoms with Gasteiger partial charge in [0.1, 0.15) is 5.15 Å². The number of nitrogens with zero attached hydrogens (tertiary/aromatic N) is 2. The summed E-state index contributed by atoms with van der Waals surface area (Å²) in [6, 6.07) is 1.55. The predicted molar refractivity (Wildman–Crippen MR) is 79.1 cm³/mol. The van der Waals surface area contributed by atoms with Gasteiger partial charge in [-0.25, -0.2) is 9.78 Å². The van der Waals surface area contributed by atoms with Gasteiger partial charge in [-0.3, -0.25) is 0 Å². The van der Waals surface area contributed by atoms with Crippen LogP contribution in [0, 0.1) is 0 Å². The van der Waals surface area contributed by atoms with Crippen LogP contribution in [0.1, 0.15) is 0 Å². The van der Waals surface area contributed by atoms with Crippen molar-refractivity contribution in [2.75, 3.05) is 31.1 Å². The average molecular weight is 386 g/mol. The van der Waals surface area contributed by atoms with Crippen LogP contribution in [0.3, 0.4) is 0 Å². The molecule has 3 heterocycles. The van der Waals surface area contributed by atoms with E-state index in [1.165, 1.54) is 6.20 Å². The zero-order chi connectivity index (χ0) is 17.5. The molecule has 11 heteroatoms. The molecule has 0 spiro atoms. The fourth-order valence-corrected chi connectivity index (χ4v) is 2.97. The standard InChI is InChI=1S/C13H12Cl2F3N3O3/c14-9-1-7(2-20-10(9)15)21-4-8-3-19-5-12(6-21,23-8)24-11(22)13(16,17)18/h1-2,8,19H,3-6H2. The molecule has 2 aliphatic heterocycles. The SMILES string of the molecule is O=C(OC12CNCC(CN(c3cnc(Cl)c(Cl)c3)C1)O2)C(F)(F)F. The van der Waals surface area contributed by atoms with Crippen LogP contribution in [0.25, 0.3) is 0 Å². The third kappa shape index (κ3) is 3.53. The first-order valence-corrected chi connectivity index (χ1v) is 7.69. The van der Waals surface area contributed by atoms with E-state index in [-0.39, 0.29) is 23.3 Å². The first-order valence-electron chi connectivity index (χ1n) is 6.93. The maximum Gasteiger partial charge on any atom is 0.491 e. The number of nitrogens with one attached hydrogen (secondary N) is 1. The fourth-order valence-electron chi connectivity index (χ4n) is 2.71. The lowest BCUT2D eigenvalue weighted by molar-refractivity contribution is -0.284. The van der Waals surface area contributed by atoms with E-state index in [2.05, 4.69) is 15.0 Å². The molecule has 0 aliphatic carbocycles. The number of pyridine rings is 1. The van der Waals surface area contributed by atoms with Gasteiger partial charge in [-0.1, -0.05) is 23.2 Å². The molecule has 1 N–H and O–H groups in total. The van der Waals surface area contributed by atoms with Crippen molar-refractivity contribution in [3.05, 3.63) is 22.4 Å². The number of aromatic nitrogens is 1. The molecule has 2 bridgehead atoms. The Morgan fingerprint density at radius 1 is 1.50 bits per heavy atom. The number of hydrogen-bond acceptors (Lipinski definition) is 6. The molecule has 1 aromatic heterocycles. The Morgan fingerprint density at radius 2 is 2.25 bits per heavy atom. The van der Waals surface area contributed by atoms with Crippen LogP contribution < -0.4 is 10.2 Å². The fraction of sp³-hybridized carbons (Fsp3) is 0.538. The van der Waals surface area contributed by atoms with Gasteiger partial charge in [0.2, 0.25) is 5.79 Å².